The number of rotatable bonds is 7. The number of carbonyl (C=O) groups excluding carboxylic acids is 3. The average molecular weight is 768 g/mol. The van der Waals surface area contributed by atoms with Crippen molar-refractivity contribution in [3.8, 4) is 11.1 Å². The molecule has 1 aliphatic heterocycles. The van der Waals surface area contributed by atoms with Crippen LogP contribution in [0.15, 0.2) is 72.8 Å². The van der Waals surface area contributed by atoms with E-state index in [-0.39, 0.29) is 23.6 Å². The van der Waals surface area contributed by atoms with Gasteiger partial charge in [0.2, 0.25) is 0 Å². The molecule has 4 fully saturated rings. The minimum Gasteiger partial charge on any atom is -0.455 e. The van der Waals surface area contributed by atoms with Gasteiger partial charge in [0.25, 0.3) is 11.8 Å². The number of fused-ring (bicyclic) bond motifs is 2. The zero-order chi connectivity index (χ0) is 38.9. The van der Waals surface area contributed by atoms with Gasteiger partial charge in [0.1, 0.15) is 11.4 Å². The van der Waals surface area contributed by atoms with E-state index in [1.54, 1.807) is 0 Å². The Labute approximate surface area is 332 Å². The smallest absolute Gasteiger partial charge is 0.358 e. The van der Waals surface area contributed by atoms with Gasteiger partial charge in [-0.3, -0.25) is 14.9 Å². The standard InChI is InChI=1S/C46H49N5O4S/c1-26-32(11-9-12-33(26)43(53)50(5)41-30-21-27-20-28(23-30)24-31(41)22-27)34-16-17-39(48-40(34)44(54)55-46(2,3)4)51-19-18-29-10-8-13-35(36(29)25-51)42(52)49-45-47-37-14-6-7-15-38(37)56-45/h6-17,27-28,30-31,41H,18-25H2,1-5H3,(H,47,49,52). The van der Waals surface area contributed by atoms with Crippen LogP contribution in [0.2, 0.25) is 0 Å². The number of ether oxygens (including phenoxy) is 1. The molecule has 288 valence electrons. The molecule has 10 rings (SSSR count). The molecule has 2 aromatic heterocycles. The first-order valence-electron chi connectivity index (χ1n) is 20.0. The molecule has 3 heterocycles. The Morgan fingerprint density at radius 3 is 2.29 bits per heavy atom. The minimum atomic E-state index is -0.740. The van der Waals surface area contributed by atoms with Crippen molar-refractivity contribution >= 4 is 50.3 Å². The number of thiazole rings is 1. The topological polar surface area (TPSA) is 105 Å². The van der Waals surface area contributed by atoms with Crippen molar-refractivity contribution in [1.82, 2.24) is 14.9 Å². The molecule has 9 nitrogen and oxygen atoms in total. The lowest BCUT2D eigenvalue weighted by molar-refractivity contribution is -0.0491. The monoisotopic (exact) mass is 767 g/mol. The number of nitrogens with one attached hydrogen (secondary N) is 1. The van der Waals surface area contributed by atoms with Crippen LogP contribution in [0.1, 0.15) is 101 Å². The molecule has 0 saturated heterocycles. The number of esters is 1. The van der Waals surface area contributed by atoms with Gasteiger partial charge in [-0.2, -0.15) is 0 Å². The highest BCUT2D eigenvalue weighted by molar-refractivity contribution is 7.22. The Morgan fingerprint density at radius 2 is 1.55 bits per heavy atom. The van der Waals surface area contributed by atoms with E-state index in [0.717, 1.165) is 44.3 Å². The first-order chi connectivity index (χ1) is 26.9. The highest BCUT2D eigenvalue weighted by Crippen LogP contribution is 2.55. The molecule has 4 bridgehead atoms. The van der Waals surface area contributed by atoms with E-state index >= 15 is 0 Å². The first kappa shape index (κ1) is 36.5. The number of para-hydroxylation sites is 1. The summed E-state index contributed by atoms with van der Waals surface area (Å²) in [4.78, 5) is 55.9. The van der Waals surface area contributed by atoms with Crippen molar-refractivity contribution in [2.45, 2.75) is 84.4 Å². The number of carbonyl (C=O) groups is 3. The summed E-state index contributed by atoms with van der Waals surface area (Å²) in [5, 5.41) is 3.58. The van der Waals surface area contributed by atoms with E-state index in [1.807, 2.05) is 106 Å². The lowest BCUT2D eigenvalue weighted by Gasteiger charge is -2.56. The van der Waals surface area contributed by atoms with Gasteiger partial charge >= 0.3 is 5.97 Å². The first-order valence-corrected chi connectivity index (χ1v) is 20.9. The van der Waals surface area contributed by atoms with E-state index in [2.05, 4.69) is 21.3 Å². The van der Waals surface area contributed by atoms with Gasteiger partial charge in [0.05, 0.1) is 10.2 Å². The molecule has 0 unspecified atom stereocenters. The Hall–Kier alpha value is -5.09. The van der Waals surface area contributed by atoms with Crippen LogP contribution < -0.4 is 10.2 Å². The van der Waals surface area contributed by atoms with Crippen molar-refractivity contribution in [2.75, 3.05) is 23.8 Å². The quantitative estimate of drug-likeness (QED) is 0.165. The minimum absolute atomic E-state index is 0.0418. The van der Waals surface area contributed by atoms with E-state index in [4.69, 9.17) is 9.72 Å². The zero-order valence-electron chi connectivity index (χ0n) is 32.8. The summed E-state index contributed by atoms with van der Waals surface area (Å²) in [6.45, 7) is 8.63. The van der Waals surface area contributed by atoms with Crippen LogP contribution in [0.3, 0.4) is 0 Å². The number of hydrogen-bond donors (Lipinski definition) is 1. The fourth-order valence-electron chi connectivity index (χ4n) is 10.4. The zero-order valence-corrected chi connectivity index (χ0v) is 33.6. The van der Waals surface area contributed by atoms with Crippen LogP contribution >= 0.6 is 11.3 Å². The van der Waals surface area contributed by atoms with Gasteiger partial charge in [-0.25, -0.2) is 14.8 Å². The molecule has 4 saturated carbocycles. The molecule has 56 heavy (non-hydrogen) atoms. The third-order valence-corrected chi connectivity index (χ3v) is 13.6. The molecule has 5 aliphatic rings. The van der Waals surface area contributed by atoms with Crippen molar-refractivity contribution in [2.24, 2.45) is 23.7 Å². The number of benzene rings is 3. The third kappa shape index (κ3) is 6.76. The molecule has 0 radical (unpaired) electrons. The molecular weight excluding hydrogens is 719 g/mol. The van der Waals surface area contributed by atoms with Crippen LogP contribution in [0.25, 0.3) is 21.3 Å². The largest absolute Gasteiger partial charge is 0.455 e. The molecule has 3 aromatic carbocycles. The molecule has 2 amide bonds. The summed E-state index contributed by atoms with van der Waals surface area (Å²) < 4.78 is 6.96. The number of anilines is 2. The van der Waals surface area contributed by atoms with Crippen LogP contribution in [0.5, 0.6) is 0 Å². The van der Waals surface area contributed by atoms with E-state index in [0.29, 0.717) is 59.0 Å². The summed E-state index contributed by atoms with van der Waals surface area (Å²) in [6, 6.07) is 23.6. The summed E-state index contributed by atoms with van der Waals surface area (Å²) in [6.07, 6.45) is 7.06. The van der Waals surface area contributed by atoms with Gasteiger partial charge < -0.3 is 14.5 Å². The van der Waals surface area contributed by atoms with Crippen LogP contribution in [-0.4, -0.2) is 57.9 Å². The van der Waals surface area contributed by atoms with Crippen LogP contribution in [0, 0.1) is 30.6 Å². The Morgan fingerprint density at radius 1 is 0.839 bits per heavy atom. The second kappa shape index (κ2) is 14.1. The second-order valence-corrected chi connectivity index (χ2v) is 18.5. The molecule has 10 heteroatoms. The maximum Gasteiger partial charge on any atom is 0.358 e. The van der Waals surface area contributed by atoms with Gasteiger partial charge in [0.15, 0.2) is 10.8 Å². The van der Waals surface area contributed by atoms with Crippen molar-refractivity contribution in [3.05, 3.63) is 106 Å². The summed E-state index contributed by atoms with van der Waals surface area (Å²) in [7, 11) is 2.00. The molecular formula is C46H49N5O4S. The predicted octanol–water partition coefficient (Wildman–Crippen LogP) is 9.33. The third-order valence-electron chi connectivity index (χ3n) is 12.6. The van der Waals surface area contributed by atoms with Gasteiger partial charge in [-0.05, 0) is 149 Å². The number of nitrogens with zero attached hydrogens (tertiary/aromatic N) is 4. The SMILES string of the molecule is Cc1c(C(=O)N(C)C2C3CC4CC(C3)CC2C4)cccc1-c1ccc(N2CCc3cccc(C(=O)Nc4nc5ccccc5s4)c3C2)nc1C(=O)OC(C)(C)C. The lowest BCUT2D eigenvalue weighted by Crippen LogP contribution is -2.56. The molecule has 5 aromatic rings. The predicted molar refractivity (Wildman–Crippen MR) is 221 cm³/mol. The van der Waals surface area contributed by atoms with Gasteiger partial charge in [-0.15, -0.1) is 0 Å². The van der Waals surface area contributed by atoms with Crippen molar-refractivity contribution < 1.29 is 19.1 Å². The van der Waals surface area contributed by atoms with E-state index < -0.39 is 11.6 Å². The van der Waals surface area contributed by atoms with Crippen LogP contribution in [0.4, 0.5) is 10.9 Å². The summed E-state index contributed by atoms with van der Waals surface area (Å²) in [5.41, 5.74) is 5.82. The Balaban J connectivity index is 1.01. The highest BCUT2D eigenvalue weighted by Gasteiger charge is 2.50. The summed E-state index contributed by atoms with van der Waals surface area (Å²) >= 11 is 1.45. The Bertz CT molecular complexity index is 2320. The van der Waals surface area contributed by atoms with Gasteiger partial charge in [-0.1, -0.05) is 47.7 Å². The number of hydrogen-bond acceptors (Lipinski definition) is 8. The fourth-order valence-corrected chi connectivity index (χ4v) is 11.3. The molecule has 1 N–H and O–H groups in total. The van der Waals surface area contributed by atoms with E-state index in [1.165, 1.54) is 43.4 Å². The van der Waals surface area contributed by atoms with Crippen molar-refractivity contribution in [1.29, 1.82) is 0 Å². The van der Waals surface area contributed by atoms with Crippen molar-refractivity contribution in [3.63, 3.8) is 0 Å². The van der Waals surface area contributed by atoms with Gasteiger partial charge in [0, 0.05) is 42.9 Å². The van der Waals surface area contributed by atoms with E-state index in [9.17, 15) is 14.4 Å². The Kier molecular flexibility index (Phi) is 9.22. The normalized spacial score (nSPS) is 22.5. The highest BCUT2D eigenvalue weighted by atomic mass is 32.1. The summed E-state index contributed by atoms with van der Waals surface area (Å²) in [5.74, 6) is 2.77. The molecule has 4 aliphatic carbocycles. The number of pyridine rings is 1. The molecule has 0 spiro atoms. The number of aromatic nitrogens is 2. The average Bonchev–Trinajstić information content (AvgIpc) is 3.58. The fraction of sp³-hybridized carbons (Fsp3) is 0.413. The second-order valence-electron chi connectivity index (χ2n) is 17.4. The molecule has 0 atom stereocenters. The maximum absolute atomic E-state index is 14.3. The maximum atomic E-state index is 14.3. The lowest BCUT2D eigenvalue weighted by atomic mass is 9.54. The number of amides is 2. The van der Waals surface area contributed by atoms with Crippen LogP contribution in [-0.2, 0) is 17.7 Å².